The van der Waals surface area contributed by atoms with Crippen LogP contribution < -0.4 is 5.32 Å². The maximum Gasteiger partial charge on any atom is 0.137 e. The molecular formula is C12H15N3. The summed E-state index contributed by atoms with van der Waals surface area (Å²) in [7, 11) is 1.91. The summed E-state index contributed by atoms with van der Waals surface area (Å²) in [5.41, 5.74) is 4.41. The normalized spacial score (nSPS) is 10.3. The number of H-pyrrole nitrogens is 1. The van der Waals surface area contributed by atoms with Crippen molar-refractivity contribution in [1.29, 1.82) is 0 Å². The Labute approximate surface area is 89.6 Å². The van der Waals surface area contributed by atoms with Crippen LogP contribution in [-0.2, 0) is 0 Å². The Balaban J connectivity index is 2.37. The van der Waals surface area contributed by atoms with Gasteiger partial charge in [-0.05, 0) is 38.1 Å². The van der Waals surface area contributed by atoms with Crippen molar-refractivity contribution >= 4 is 5.69 Å². The zero-order valence-electron chi connectivity index (χ0n) is 9.26. The fourth-order valence-corrected chi connectivity index (χ4v) is 1.48. The second-order valence-electron chi connectivity index (χ2n) is 3.62. The summed E-state index contributed by atoms with van der Waals surface area (Å²) in [6.45, 7) is 4.05. The molecule has 1 aromatic heterocycles. The van der Waals surface area contributed by atoms with Crippen LogP contribution in [0.25, 0.3) is 11.4 Å². The van der Waals surface area contributed by atoms with E-state index >= 15 is 0 Å². The fourth-order valence-electron chi connectivity index (χ4n) is 1.48. The molecule has 2 aromatic rings. The summed E-state index contributed by atoms with van der Waals surface area (Å²) < 4.78 is 0. The van der Waals surface area contributed by atoms with E-state index in [1.165, 1.54) is 0 Å². The third kappa shape index (κ3) is 1.86. The molecule has 3 heteroatoms. The van der Waals surface area contributed by atoms with E-state index in [1.807, 2.05) is 33.0 Å². The van der Waals surface area contributed by atoms with Crippen LogP contribution in [0.15, 0.2) is 24.3 Å². The number of imidazole rings is 1. The first-order chi connectivity index (χ1) is 7.20. The molecule has 0 aliphatic heterocycles. The SMILES string of the molecule is CNc1ccc(-c2nc(C)c(C)[nH]2)cc1. The van der Waals surface area contributed by atoms with Crippen molar-refractivity contribution in [3.63, 3.8) is 0 Å². The fraction of sp³-hybridized carbons (Fsp3) is 0.250. The first kappa shape index (κ1) is 9.77. The van der Waals surface area contributed by atoms with E-state index in [0.29, 0.717) is 0 Å². The number of hydrogen-bond acceptors (Lipinski definition) is 2. The zero-order valence-corrected chi connectivity index (χ0v) is 9.26. The second-order valence-corrected chi connectivity index (χ2v) is 3.62. The van der Waals surface area contributed by atoms with Gasteiger partial charge in [-0.2, -0.15) is 0 Å². The minimum Gasteiger partial charge on any atom is -0.388 e. The van der Waals surface area contributed by atoms with Crippen molar-refractivity contribution in [3.05, 3.63) is 35.7 Å². The number of aryl methyl sites for hydroxylation is 2. The predicted octanol–water partition coefficient (Wildman–Crippen LogP) is 2.74. The minimum absolute atomic E-state index is 0.938. The number of anilines is 1. The molecule has 0 saturated carbocycles. The maximum atomic E-state index is 4.46. The highest BCUT2D eigenvalue weighted by atomic mass is 14.9. The van der Waals surface area contributed by atoms with Gasteiger partial charge in [-0.25, -0.2) is 4.98 Å². The number of benzene rings is 1. The van der Waals surface area contributed by atoms with E-state index in [9.17, 15) is 0 Å². The van der Waals surface area contributed by atoms with Crippen LogP contribution in [0.3, 0.4) is 0 Å². The summed E-state index contributed by atoms with van der Waals surface area (Å²) >= 11 is 0. The molecule has 15 heavy (non-hydrogen) atoms. The van der Waals surface area contributed by atoms with Gasteiger partial charge in [0.1, 0.15) is 5.82 Å². The average molecular weight is 201 g/mol. The molecule has 0 saturated heterocycles. The number of aromatic nitrogens is 2. The summed E-state index contributed by atoms with van der Waals surface area (Å²) in [6, 6.07) is 8.21. The molecule has 0 bridgehead atoms. The Morgan fingerprint density at radius 2 is 1.80 bits per heavy atom. The first-order valence-electron chi connectivity index (χ1n) is 5.02. The quantitative estimate of drug-likeness (QED) is 0.784. The highest BCUT2D eigenvalue weighted by Gasteiger charge is 2.04. The molecule has 0 unspecified atom stereocenters. The van der Waals surface area contributed by atoms with E-state index in [0.717, 1.165) is 28.5 Å². The molecule has 0 amide bonds. The van der Waals surface area contributed by atoms with E-state index in [1.54, 1.807) is 0 Å². The lowest BCUT2D eigenvalue weighted by Gasteiger charge is -2.00. The summed E-state index contributed by atoms with van der Waals surface area (Å²) in [5.74, 6) is 0.938. The molecule has 1 aromatic carbocycles. The molecule has 3 nitrogen and oxygen atoms in total. The van der Waals surface area contributed by atoms with Crippen LogP contribution in [0.5, 0.6) is 0 Å². The summed E-state index contributed by atoms with van der Waals surface area (Å²) in [5, 5.41) is 3.09. The van der Waals surface area contributed by atoms with Gasteiger partial charge in [0, 0.05) is 24.0 Å². The van der Waals surface area contributed by atoms with Crippen LogP contribution in [0.4, 0.5) is 5.69 Å². The smallest absolute Gasteiger partial charge is 0.137 e. The van der Waals surface area contributed by atoms with Gasteiger partial charge >= 0.3 is 0 Å². The van der Waals surface area contributed by atoms with Crippen LogP contribution in [0, 0.1) is 13.8 Å². The van der Waals surface area contributed by atoms with Crippen LogP contribution in [-0.4, -0.2) is 17.0 Å². The Morgan fingerprint density at radius 3 is 2.27 bits per heavy atom. The molecule has 0 radical (unpaired) electrons. The lowest BCUT2D eigenvalue weighted by atomic mass is 10.2. The van der Waals surface area contributed by atoms with Crippen LogP contribution in [0.1, 0.15) is 11.4 Å². The lowest BCUT2D eigenvalue weighted by molar-refractivity contribution is 1.22. The van der Waals surface area contributed by atoms with Crippen molar-refractivity contribution in [2.45, 2.75) is 13.8 Å². The molecule has 0 aliphatic rings. The predicted molar refractivity (Wildman–Crippen MR) is 63.0 cm³/mol. The van der Waals surface area contributed by atoms with Crippen molar-refractivity contribution in [1.82, 2.24) is 9.97 Å². The lowest BCUT2D eigenvalue weighted by Crippen LogP contribution is -1.87. The minimum atomic E-state index is 0.938. The maximum absolute atomic E-state index is 4.46. The average Bonchev–Trinajstić information content (AvgIpc) is 2.59. The summed E-state index contributed by atoms with van der Waals surface area (Å²) in [4.78, 5) is 7.73. The van der Waals surface area contributed by atoms with E-state index < -0.39 is 0 Å². The van der Waals surface area contributed by atoms with Crippen LogP contribution in [0.2, 0.25) is 0 Å². The van der Waals surface area contributed by atoms with Crippen molar-refractivity contribution in [2.24, 2.45) is 0 Å². The van der Waals surface area contributed by atoms with E-state index in [2.05, 4.69) is 27.4 Å². The van der Waals surface area contributed by atoms with Gasteiger partial charge in [0.05, 0.1) is 5.69 Å². The number of nitrogens with zero attached hydrogens (tertiary/aromatic N) is 1. The Hall–Kier alpha value is -1.77. The van der Waals surface area contributed by atoms with Gasteiger partial charge in [-0.1, -0.05) is 0 Å². The molecule has 78 valence electrons. The molecule has 0 atom stereocenters. The standard InChI is InChI=1S/C12H15N3/c1-8-9(2)15-12(14-8)10-4-6-11(13-3)7-5-10/h4-7,13H,1-3H3,(H,14,15). The number of rotatable bonds is 2. The Kier molecular flexibility index (Phi) is 2.46. The Bertz CT molecular complexity index is 435. The third-order valence-corrected chi connectivity index (χ3v) is 2.58. The first-order valence-corrected chi connectivity index (χ1v) is 5.02. The third-order valence-electron chi connectivity index (χ3n) is 2.58. The molecular weight excluding hydrogens is 186 g/mol. The number of nitrogens with one attached hydrogen (secondary N) is 2. The Morgan fingerprint density at radius 1 is 1.13 bits per heavy atom. The van der Waals surface area contributed by atoms with Gasteiger partial charge < -0.3 is 10.3 Å². The summed E-state index contributed by atoms with van der Waals surface area (Å²) in [6.07, 6.45) is 0. The van der Waals surface area contributed by atoms with Crippen molar-refractivity contribution < 1.29 is 0 Å². The van der Waals surface area contributed by atoms with Gasteiger partial charge in [-0.3, -0.25) is 0 Å². The topological polar surface area (TPSA) is 40.7 Å². The van der Waals surface area contributed by atoms with E-state index in [4.69, 9.17) is 0 Å². The molecule has 2 N–H and O–H groups in total. The van der Waals surface area contributed by atoms with Gasteiger partial charge in [0.25, 0.3) is 0 Å². The monoisotopic (exact) mass is 201 g/mol. The zero-order chi connectivity index (χ0) is 10.8. The highest BCUT2D eigenvalue weighted by molar-refractivity contribution is 5.60. The van der Waals surface area contributed by atoms with Gasteiger partial charge in [0.2, 0.25) is 0 Å². The second kappa shape index (κ2) is 3.77. The van der Waals surface area contributed by atoms with E-state index in [-0.39, 0.29) is 0 Å². The van der Waals surface area contributed by atoms with Crippen molar-refractivity contribution in [2.75, 3.05) is 12.4 Å². The van der Waals surface area contributed by atoms with Gasteiger partial charge in [-0.15, -0.1) is 0 Å². The molecule has 0 spiro atoms. The molecule has 0 fully saturated rings. The number of aromatic amines is 1. The molecule has 2 rings (SSSR count). The largest absolute Gasteiger partial charge is 0.388 e. The highest BCUT2D eigenvalue weighted by Crippen LogP contribution is 2.19. The molecule has 1 heterocycles. The molecule has 0 aliphatic carbocycles. The van der Waals surface area contributed by atoms with Crippen LogP contribution >= 0.6 is 0 Å². The number of hydrogen-bond donors (Lipinski definition) is 2. The van der Waals surface area contributed by atoms with Crippen molar-refractivity contribution in [3.8, 4) is 11.4 Å². The van der Waals surface area contributed by atoms with Gasteiger partial charge in [0.15, 0.2) is 0 Å².